The Morgan fingerprint density at radius 2 is 2.00 bits per heavy atom. The van der Waals surface area contributed by atoms with Crippen LogP contribution in [0, 0.1) is 12.3 Å². The van der Waals surface area contributed by atoms with Gasteiger partial charge in [-0.1, -0.05) is 37.0 Å². The van der Waals surface area contributed by atoms with Gasteiger partial charge in [0.2, 0.25) is 0 Å². The number of hydrogen-bond donors (Lipinski definition) is 2. The van der Waals surface area contributed by atoms with Crippen molar-refractivity contribution in [2.45, 2.75) is 26.7 Å². The Labute approximate surface area is 118 Å². The second-order valence-electron chi connectivity index (χ2n) is 4.81. The Balaban J connectivity index is 2.60. The number of anilines is 1. The molecule has 0 spiro atoms. The highest BCUT2D eigenvalue weighted by Crippen LogP contribution is 2.39. The van der Waals surface area contributed by atoms with E-state index in [1.165, 1.54) is 0 Å². The summed E-state index contributed by atoms with van der Waals surface area (Å²) in [5, 5.41) is 12.2. The molecule has 0 unspecified atom stereocenters. The molecule has 0 saturated carbocycles. The van der Waals surface area contributed by atoms with Crippen LogP contribution in [0.2, 0.25) is 10.0 Å². The summed E-state index contributed by atoms with van der Waals surface area (Å²) in [6.07, 6.45) is 0. The third kappa shape index (κ3) is 2.17. The molecule has 5 heteroatoms. The van der Waals surface area contributed by atoms with Crippen molar-refractivity contribution >= 4 is 34.8 Å². The van der Waals surface area contributed by atoms with E-state index in [0.29, 0.717) is 21.9 Å². The van der Waals surface area contributed by atoms with Gasteiger partial charge in [0.05, 0.1) is 10.7 Å². The van der Waals surface area contributed by atoms with Crippen LogP contribution in [-0.4, -0.2) is 19.0 Å². The van der Waals surface area contributed by atoms with Crippen molar-refractivity contribution in [1.82, 2.24) is 5.32 Å². The van der Waals surface area contributed by atoms with E-state index in [9.17, 15) is 0 Å². The lowest BCUT2D eigenvalue weighted by Crippen LogP contribution is -2.29. The fourth-order valence-electron chi connectivity index (χ4n) is 2.50. The highest BCUT2D eigenvalue weighted by atomic mass is 35.5. The van der Waals surface area contributed by atoms with Gasteiger partial charge in [0.15, 0.2) is 5.96 Å². The quantitative estimate of drug-likeness (QED) is 0.868. The molecular formula is C13H17Cl2N3. The largest absolute Gasteiger partial charge is 0.354 e. The minimum atomic E-state index is 0.332. The first-order valence-corrected chi connectivity index (χ1v) is 6.77. The number of nitrogens with one attached hydrogen (secondary N) is 2. The molecule has 0 atom stereocenters. The van der Waals surface area contributed by atoms with E-state index < -0.39 is 0 Å². The molecule has 1 fully saturated rings. The molecule has 1 aliphatic heterocycles. The minimum Gasteiger partial charge on any atom is -0.354 e. The fraction of sp³-hybridized carbons (Fsp3) is 0.462. The maximum absolute atomic E-state index is 7.89. The summed E-state index contributed by atoms with van der Waals surface area (Å²) in [7, 11) is 0. The predicted octanol–water partition coefficient (Wildman–Crippen LogP) is 3.77. The molecule has 1 aromatic carbocycles. The first-order valence-electron chi connectivity index (χ1n) is 6.02. The maximum atomic E-state index is 7.89. The van der Waals surface area contributed by atoms with Gasteiger partial charge in [-0.3, -0.25) is 5.41 Å². The number of guanidine groups is 1. The van der Waals surface area contributed by atoms with Crippen molar-refractivity contribution < 1.29 is 0 Å². The zero-order valence-electron chi connectivity index (χ0n) is 10.8. The van der Waals surface area contributed by atoms with Gasteiger partial charge < -0.3 is 10.2 Å². The lowest BCUT2D eigenvalue weighted by atomic mass is 9.96. The first-order chi connectivity index (χ1) is 8.43. The summed E-state index contributed by atoms with van der Waals surface area (Å²) in [5.74, 6) is 0.732. The average Bonchev–Trinajstić information content (AvgIpc) is 2.63. The highest BCUT2D eigenvalue weighted by Gasteiger charge is 2.25. The summed E-state index contributed by atoms with van der Waals surface area (Å²) < 4.78 is 0. The summed E-state index contributed by atoms with van der Waals surface area (Å²) in [6.45, 7) is 7.78. The average molecular weight is 286 g/mol. The molecule has 1 heterocycles. The van der Waals surface area contributed by atoms with E-state index in [1.54, 1.807) is 6.07 Å². The van der Waals surface area contributed by atoms with Crippen LogP contribution in [0.25, 0.3) is 0 Å². The number of benzene rings is 1. The van der Waals surface area contributed by atoms with Gasteiger partial charge in [-0.15, -0.1) is 0 Å². The molecule has 18 heavy (non-hydrogen) atoms. The van der Waals surface area contributed by atoms with Crippen molar-refractivity contribution in [3.8, 4) is 0 Å². The van der Waals surface area contributed by atoms with Gasteiger partial charge in [0.1, 0.15) is 0 Å². The predicted molar refractivity (Wildman–Crippen MR) is 78.4 cm³/mol. The third-order valence-electron chi connectivity index (χ3n) is 3.24. The Morgan fingerprint density at radius 1 is 1.33 bits per heavy atom. The smallest absolute Gasteiger partial charge is 0.195 e. The monoisotopic (exact) mass is 285 g/mol. The van der Waals surface area contributed by atoms with E-state index in [0.717, 1.165) is 29.9 Å². The molecule has 1 saturated heterocycles. The molecule has 0 aliphatic carbocycles. The van der Waals surface area contributed by atoms with Crippen molar-refractivity contribution in [2.24, 2.45) is 0 Å². The molecule has 2 rings (SSSR count). The fourth-order valence-corrected chi connectivity index (χ4v) is 3.38. The molecule has 3 nitrogen and oxygen atoms in total. The van der Waals surface area contributed by atoms with E-state index >= 15 is 0 Å². The van der Waals surface area contributed by atoms with E-state index in [-0.39, 0.29) is 0 Å². The van der Waals surface area contributed by atoms with Crippen molar-refractivity contribution in [3.63, 3.8) is 0 Å². The lowest BCUT2D eigenvalue weighted by Gasteiger charge is -2.24. The van der Waals surface area contributed by atoms with Crippen molar-refractivity contribution in [1.29, 1.82) is 5.41 Å². The Bertz CT molecular complexity index is 497. The summed E-state index contributed by atoms with van der Waals surface area (Å²) in [6, 6.07) is 1.78. The standard InChI is InChI=1S/C13H17Cl2N3/c1-7(2)11-8(3)12(10(15)6-9(11)14)18-5-4-17-13(18)16/h6-7H,4-5H2,1-3H3,(H2,16,17). The molecule has 0 amide bonds. The maximum Gasteiger partial charge on any atom is 0.195 e. The molecule has 98 valence electrons. The Hall–Kier alpha value is -0.930. The topological polar surface area (TPSA) is 39.1 Å². The number of rotatable bonds is 2. The number of halogens is 2. The van der Waals surface area contributed by atoms with Gasteiger partial charge in [-0.05, 0) is 30.0 Å². The first kappa shape index (κ1) is 13.5. The van der Waals surface area contributed by atoms with Gasteiger partial charge in [0, 0.05) is 18.1 Å². The molecule has 0 bridgehead atoms. The Kier molecular flexibility index (Phi) is 3.74. The lowest BCUT2D eigenvalue weighted by molar-refractivity contribution is 0.855. The number of nitrogens with zero attached hydrogens (tertiary/aromatic N) is 1. The van der Waals surface area contributed by atoms with Gasteiger partial charge >= 0.3 is 0 Å². The Morgan fingerprint density at radius 3 is 2.50 bits per heavy atom. The van der Waals surface area contributed by atoms with Gasteiger partial charge in [-0.2, -0.15) is 0 Å². The molecular weight excluding hydrogens is 269 g/mol. The van der Waals surface area contributed by atoms with Crippen LogP contribution >= 0.6 is 23.2 Å². The molecule has 0 radical (unpaired) electrons. The third-order valence-corrected chi connectivity index (χ3v) is 3.84. The SMILES string of the molecule is Cc1c(C(C)C)c(Cl)cc(Cl)c1N1CCNC1=N. The van der Waals surface area contributed by atoms with Crippen molar-refractivity contribution in [3.05, 3.63) is 27.2 Å². The molecule has 2 N–H and O–H groups in total. The summed E-state index contributed by atoms with van der Waals surface area (Å²) >= 11 is 12.6. The van der Waals surface area contributed by atoms with Crippen LogP contribution in [0.1, 0.15) is 30.9 Å². The van der Waals surface area contributed by atoms with Gasteiger partial charge in [-0.25, -0.2) is 0 Å². The molecule has 0 aromatic heterocycles. The van der Waals surface area contributed by atoms with Crippen LogP contribution in [-0.2, 0) is 0 Å². The zero-order valence-corrected chi connectivity index (χ0v) is 12.3. The van der Waals surface area contributed by atoms with Gasteiger partial charge in [0.25, 0.3) is 0 Å². The number of hydrogen-bond acceptors (Lipinski definition) is 1. The normalized spacial score (nSPS) is 15.4. The second kappa shape index (κ2) is 4.98. The van der Waals surface area contributed by atoms with Crippen LogP contribution in [0.15, 0.2) is 6.07 Å². The van der Waals surface area contributed by atoms with Crippen LogP contribution in [0.5, 0.6) is 0 Å². The molecule has 1 aliphatic rings. The van der Waals surface area contributed by atoms with E-state index in [1.807, 2.05) is 11.8 Å². The van der Waals surface area contributed by atoms with Crippen molar-refractivity contribution in [2.75, 3.05) is 18.0 Å². The summed E-state index contributed by atoms with van der Waals surface area (Å²) in [5.41, 5.74) is 3.08. The highest BCUT2D eigenvalue weighted by molar-refractivity contribution is 6.37. The van der Waals surface area contributed by atoms with Crippen LogP contribution in [0.4, 0.5) is 5.69 Å². The van der Waals surface area contributed by atoms with E-state index in [2.05, 4.69) is 19.2 Å². The van der Waals surface area contributed by atoms with Crippen LogP contribution in [0.3, 0.4) is 0 Å². The zero-order chi connectivity index (χ0) is 13.4. The minimum absolute atomic E-state index is 0.332. The second-order valence-corrected chi connectivity index (χ2v) is 5.62. The molecule has 1 aromatic rings. The van der Waals surface area contributed by atoms with E-state index in [4.69, 9.17) is 28.6 Å². The van der Waals surface area contributed by atoms with Crippen LogP contribution < -0.4 is 10.2 Å². The summed E-state index contributed by atoms with van der Waals surface area (Å²) in [4.78, 5) is 1.90.